The van der Waals surface area contributed by atoms with Gasteiger partial charge in [0, 0.05) is 21.1 Å². The molecule has 0 fully saturated rings. The van der Waals surface area contributed by atoms with Gasteiger partial charge in [-0.1, -0.05) is 29.3 Å². The molecule has 4 nitrogen and oxygen atoms in total. The van der Waals surface area contributed by atoms with Crippen molar-refractivity contribution < 1.29 is 8.42 Å². The molecular weight excluding hydrogens is 399 g/mol. The first kappa shape index (κ1) is 16.6. The zero-order valence-electron chi connectivity index (χ0n) is 10.6. The van der Waals surface area contributed by atoms with Crippen LogP contribution in [-0.4, -0.2) is 8.42 Å². The number of anilines is 1. The maximum atomic E-state index is 12.3. The molecule has 2 aromatic rings. The first-order valence-corrected chi connectivity index (χ1v) is 8.83. The first-order chi connectivity index (χ1) is 9.83. The van der Waals surface area contributed by atoms with Crippen LogP contribution in [0, 0.1) is 0 Å². The molecule has 0 aliphatic rings. The minimum absolute atomic E-state index is 0.0616. The molecule has 0 heterocycles. The fourth-order valence-electron chi connectivity index (χ4n) is 1.64. The van der Waals surface area contributed by atoms with Crippen molar-refractivity contribution in [2.24, 2.45) is 5.73 Å². The maximum Gasteiger partial charge on any atom is 0.261 e. The van der Waals surface area contributed by atoms with Gasteiger partial charge in [-0.3, -0.25) is 4.72 Å². The quantitative estimate of drug-likeness (QED) is 0.800. The third-order valence-corrected chi connectivity index (χ3v) is 5.34. The third-order valence-electron chi connectivity index (χ3n) is 2.73. The van der Waals surface area contributed by atoms with E-state index in [0.29, 0.717) is 25.8 Å². The highest BCUT2D eigenvalue weighted by Gasteiger charge is 2.17. The van der Waals surface area contributed by atoms with E-state index in [4.69, 9.17) is 28.9 Å². The summed E-state index contributed by atoms with van der Waals surface area (Å²) >= 11 is 15.1. The summed E-state index contributed by atoms with van der Waals surface area (Å²) in [5, 5.41) is 0.815. The Bertz CT molecular complexity index is 782. The lowest BCUT2D eigenvalue weighted by atomic mass is 10.2. The predicted molar refractivity (Wildman–Crippen MR) is 89.3 cm³/mol. The molecule has 0 aromatic heterocycles. The molecule has 8 heteroatoms. The number of halogens is 3. The van der Waals surface area contributed by atoms with E-state index >= 15 is 0 Å². The monoisotopic (exact) mass is 408 g/mol. The summed E-state index contributed by atoms with van der Waals surface area (Å²) in [6.45, 7) is 0.245. The van der Waals surface area contributed by atoms with Crippen molar-refractivity contribution in [3.8, 4) is 0 Å². The van der Waals surface area contributed by atoms with Gasteiger partial charge in [-0.2, -0.15) is 0 Å². The Balaban J connectivity index is 2.36. The lowest BCUT2D eigenvalue weighted by molar-refractivity contribution is 0.601. The second-order valence-electron chi connectivity index (χ2n) is 4.19. The lowest BCUT2D eigenvalue weighted by Crippen LogP contribution is -2.13. The van der Waals surface area contributed by atoms with Crippen LogP contribution in [0.2, 0.25) is 10.0 Å². The molecule has 0 radical (unpaired) electrons. The fourth-order valence-corrected chi connectivity index (χ4v) is 3.98. The first-order valence-electron chi connectivity index (χ1n) is 5.80. The van der Waals surface area contributed by atoms with Crippen LogP contribution in [0.25, 0.3) is 0 Å². The van der Waals surface area contributed by atoms with Crippen molar-refractivity contribution >= 4 is 54.8 Å². The zero-order chi connectivity index (χ0) is 15.6. The van der Waals surface area contributed by atoms with Crippen molar-refractivity contribution in [1.29, 1.82) is 0 Å². The van der Waals surface area contributed by atoms with Crippen LogP contribution in [0.4, 0.5) is 5.69 Å². The Hall–Kier alpha value is -0.790. The van der Waals surface area contributed by atoms with Gasteiger partial charge >= 0.3 is 0 Å². The average molecular weight is 410 g/mol. The molecule has 0 saturated carbocycles. The molecule has 3 N–H and O–H groups in total. The van der Waals surface area contributed by atoms with Crippen molar-refractivity contribution in [1.82, 2.24) is 0 Å². The standard InChI is InChI=1S/C13H11BrCl2N2O2S/c14-11-5-9(15)2-4-13(11)18-21(19,20)10-3-1-8(7-17)12(16)6-10/h1-6,18H,7,17H2. The molecule has 0 aliphatic carbocycles. The van der Waals surface area contributed by atoms with Gasteiger partial charge in [0.15, 0.2) is 0 Å². The van der Waals surface area contributed by atoms with Crippen LogP contribution in [0.1, 0.15) is 5.56 Å². The van der Waals surface area contributed by atoms with E-state index in [1.54, 1.807) is 24.3 Å². The normalized spacial score (nSPS) is 11.4. The number of sulfonamides is 1. The van der Waals surface area contributed by atoms with E-state index < -0.39 is 10.0 Å². The largest absolute Gasteiger partial charge is 0.326 e. The van der Waals surface area contributed by atoms with Gasteiger partial charge in [-0.25, -0.2) is 8.42 Å². The Morgan fingerprint density at radius 2 is 1.86 bits per heavy atom. The van der Waals surface area contributed by atoms with E-state index in [1.165, 1.54) is 12.1 Å². The highest BCUT2D eigenvalue weighted by atomic mass is 79.9. The molecule has 0 spiro atoms. The number of hydrogen-bond donors (Lipinski definition) is 2. The average Bonchev–Trinajstić information content (AvgIpc) is 2.42. The Morgan fingerprint density at radius 3 is 2.43 bits per heavy atom. The molecule has 0 atom stereocenters. The van der Waals surface area contributed by atoms with Gasteiger partial charge in [0.05, 0.1) is 10.6 Å². The van der Waals surface area contributed by atoms with Crippen molar-refractivity contribution in [3.05, 3.63) is 56.5 Å². The maximum absolute atomic E-state index is 12.3. The van der Waals surface area contributed by atoms with E-state index in [-0.39, 0.29) is 11.4 Å². The van der Waals surface area contributed by atoms with E-state index in [2.05, 4.69) is 20.7 Å². The SMILES string of the molecule is NCc1ccc(S(=O)(=O)Nc2ccc(Cl)cc2Br)cc1Cl. The van der Waals surface area contributed by atoms with Crippen LogP contribution in [0.15, 0.2) is 45.8 Å². The number of rotatable bonds is 4. The van der Waals surface area contributed by atoms with E-state index in [0.717, 1.165) is 0 Å². The minimum Gasteiger partial charge on any atom is -0.326 e. The Labute approximate surface area is 141 Å². The summed E-state index contributed by atoms with van der Waals surface area (Å²) in [5.41, 5.74) is 6.57. The fraction of sp³-hybridized carbons (Fsp3) is 0.0769. The molecule has 0 aliphatic heterocycles. The summed E-state index contributed by atoms with van der Waals surface area (Å²) < 4.78 is 27.7. The van der Waals surface area contributed by atoms with Gasteiger partial charge < -0.3 is 5.73 Å². The molecule has 112 valence electrons. The van der Waals surface area contributed by atoms with Crippen molar-refractivity contribution in [2.45, 2.75) is 11.4 Å². The number of hydrogen-bond acceptors (Lipinski definition) is 3. The summed E-state index contributed by atoms with van der Waals surface area (Å²) in [7, 11) is -3.74. The highest BCUT2D eigenvalue weighted by Crippen LogP contribution is 2.29. The highest BCUT2D eigenvalue weighted by molar-refractivity contribution is 9.10. The van der Waals surface area contributed by atoms with E-state index in [1.807, 2.05) is 0 Å². The molecule has 0 bridgehead atoms. The third kappa shape index (κ3) is 3.90. The van der Waals surface area contributed by atoms with Crippen LogP contribution in [0.5, 0.6) is 0 Å². The lowest BCUT2D eigenvalue weighted by Gasteiger charge is -2.11. The summed E-state index contributed by atoms with van der Waals surface area (Å²) in [6, 6.07) is 9.18. The van der Waals surface area contributed by atoms with Gasteiger partial charge in [0.1, 0.15) is 0 Å². The summed E-state index contributed by atoms with van der Waals surface area (Å²) in [5.74, 6) is 0. The van der Waals surface area contributed by atoms with Gasteiger partial charge in [0.2, 0.25) is 0 Å². The molecule has 21 heavy (non-hydrogen) atoms. The number of nitrogens with two attached hydrogens (primary N) is 1. The molecule has 0 unspecified atom stereocenters. The summed E-state index contributed by atoms with van der Waals surface area (Å²) in [6.07, 6.45) is 0. The van der Waals surface area contributed by atoms with Crippen molar-refractivity contribution in [2.75, 3.05) is 4.72 Å². The van der Waals surface area contributed by atoms with Gasteiger partial charge in [0.25, 0.3) is 10.0 Å². The van der Waals surface area contributed by atoms with Crippen molar-refractivity contribution in [3.63, 3.8) is 0 Å². The van der Waals surface area contributed by atoms with Crippen LogP contribution >= 0.6 is 39.1 Å². The van der Waals surface area contributed by atoms with E-state index in [9.17, 15) is 8.42 Å². The van der Waals surface area contributed by atoms with Crippen LogP contribution in [0.3, 0.4) is 0 Å². The molecule has 0 saturated heterocycles. The second-order valence-corrected chi connectivity index (χ2v) is 7.57. The Kier molecular flexibility index (Phi) is 5.16. The van der Waals surface area contributed by atoms with Crippen LogP contribution in [-0.2, 0) is 16.6 Å². The second kappa shape index (κ2) is 6.54. The smallest absolute Gasteiger partial charge is 0.261 e. The van der Waals surface area contributed by atoms with Gasteiger partial charge in [-0.05, 0) is 51.8 Å². The molecule has 2 aromatic carbocycles. The molecule has 2 rings (SSSR count). The summed E-state index contributed by atoms with van der Waals surface area (Å²) in [4.78, 5) is 0.0616. The Morgan fingerprint density at radius 1 is 1.14 bits per heavy atom. The molecule has 0 amide bonds. The zero-order valence-corrected chi connectivity index (χ0v) is 14.5. The topological polar surface area (TPSA) is 72.2 Å². The van der Waals surface area contributed by atoms with Crippen LogP contribution < -0.4 is 10.5 Å². The molecular formula is C13H11BrCl2N2O2S. The minimum atomic E-state index is -3.74. The predicted octanol–water partition coefficient (Wildman–Crippen LogP) is 4.02. The number of benzene rings is 2. The van der Waals surface area contributed by atoms with Gasteiger partial charge in [-0.15, -0.1) is 0 Å². The number of nitrogens with one attached hydrogen (secondary N) is 1.